The highest BCUT2D eigenvalue weighted by Gasteiger charge is 2.35. The van der Waals surface area contributed by atoms with Crippen LogP contribution in [-0.4, -0.2) is 34.5 Å². The fourth-order valence-corrected chi connectivity index (χ4v) is 4.23. The SMILES string of the molecule is CC(C)(C)c1nnc(NC(=O)c2ccc(NC(=O)C3CC(=O)N(c4ccccc4)C3)cc2)s1. The van der Waals surface area contributed by atoms with Gasteiger partial charge < -0.3 is 10.2 Å². The number of nitrogens with one attached hydrogen (secondary N) is 2. The summed E-state index contributed by atoms with van der Waals surface area (Å²) in [5, 5.41) is 15.0. The van der Waals surface area contributed by atoms with Gasteiger partial charge in [0.25, 0.3) is 5.91 Å². The van der Waals surface area contributed by atoms with Crippen LogP contribution in [0, 0.1) is 5.92 Å². The van der Waals surface area contributed by atoms with E-state index in [2.05, 4.69) is 20.8 Å². The minimum atomic E-state index is -0.435. The summed E-state index contributed by atoms with van der Waals surface area (Å²) in [6, 6.07) is 15.9. The van der Waals surface area contributed by atoms with Crippen LogP contribution in [0.1, 0.15) is 42.6 Å². The van der Waals surface area contributed by atoms with Gasteiger partial charge >= 0.3 is 0 Å². The first-order chi connectivity index (χ1) is 15.7. The largest absolute Gasteiger partial charge is 0.326 e. The van der Waals surface area contributed by atoms with Crippen molar-refractivity contribution in [3.63, 3.8) is 0 Å². The van der Waals surface area contributed by atoms with Crippen LogP contribution < -0.4 is 15.5 Å². The van der Waals surface area contributed by atoms with E-state index in [1.807, 2.05) is 51.1 Å². The molecule has 1 fully saturated rings. The fourth-order valence-electron chi connectivity index (χ4n) is 3.44. The highest BCUT2D eigenvalue weighted by Crippen LogP contribution is 2.28. The molecule has 1 saturated heterocycles. The van der Waals surface area contributed by atoms with Gasteiger partial charge in [-0.15, -0.1) is 10.2 Å². The number of hydrogen-bond donors (Lipinski definition) is 2. The normalized spacial score (nSPS) is 16.0. The van der Waals surface area contributed by atoms with Gasteiger partial charge in [-0.3, -0.25) is 19.7 Å². The second-order valence-corrected chi connectivity index (χ2v) is 9.90. The molecule has 0 spiro atoms. The molecule has 1 aliphatic rings. The molecule has 8 nitrogen and oxygen atoms in total. The number of amides is 3. The van der Waals surface area contributed by atoms with Crippen molar-refractivity contribution >= 4 is 45.6 Å². The molecule has 2 N–H and O–H groups in total. The van der Waals surface area contributed by atoms with Gasteiger partial charge in [-0.25, -0.2) is 0 Å². The molecule has 1 atom stereocenters. The molecular weight excluding hydrogens is 438 g/mol. The van der Waals surface area contributed by atoms with E-state index < -0.39 is 5.92 Å². The molecule has 0 saturated carbocycles. The number of carbonyl (C=O) groups is 3. The highest BCUT2D eigenvalue weighted by atomic mass is 32.1. The van der Waals surface area contributed by atoms with Gasteiger partial charge in [0.2, 0.25) is 16.9 Å². The molecule has 3 amide bonds. The standard InChI is InChI=1S/C24H25N5O3S/c1-24(2,3)22-27-28-23(33-22)26-20(31)15-9-11-17(12-10-15)25-21(32)16-13-19(30)29(14-16)18-7-5-4-6-8-18/h4-12,16H,13-14H2,1-3H3,(H,25,32)(H,26,28,31). The van der Waals surface area contributed by atoms with E-state index in [1.165, 1.54) is 11.3 Å². The van der Waals surface area contributed by atoms with Crippen LogP contribution in [0.15, 0.2) is 54.6 Å². The van der Waals surface area contributed by atoms with Gasteiger partial charge in [0.05, 0.1) is 5.92 Å². The Balaban J connectivity index is 1.34. The topological polar surface area (TPSA) is 104 Å². The zero-order valence-electron chi connectivity index (χ0n) is 18.7. The maximum absolute atomic E-state index is 12.7. The maximum atomic E-state index is 12.7. The first-order valence-electron chi connectivity index (χ1n) is 10.6. The van der Waals surface area contributed by atoms with E-state index in [-0.39, 0.29) is 29.6 Å². The van der Waals surface area contributed by atoms with Crippen LogP contribution in [0.5, 0.6) is 0 Å². The molecule has 170 valence electrons. The van der Waals surface area contributed by atoms with Crippen LogP contribution >= 0.6 is 11.3 Å². The van der Waals surface area contributed by atoms with E-state index in [1.54, 1.807) is 29.2 Å². The van der Waals surface area contributed by atoms with E-state index >= 15 is 0 Å². The molecule has 1 aliphatic heterocycles. The van der Waals surface area contributed by atoms with E-state index in [9.17, 15) is 14.4 Å². The Hall–Kier alpha value is -3.59. The molecule has 2 heterocycles. The Morgan fingerprint density at radius 2 is 1.70 bits per heavy atom. The lowest BCUT2D eigenvalue weighted by atomic mass is 9.98. The average Bonchev–Trinajstić information content (AvgIpc) is 3.41. The summed E-state index contributed by atoms with van der Waals surface area (Å²) in [6.07, 6.45) is 0.166. The molecule has 1 aromatic heterocycles. The summed E-state index contributed by atoms with van der Waals surface area (Å²) in [4.78, 5) is 39.2. The number of para-hydroxylation sites is 1. The van der Waals surface area contributed by atoms with Gasteiger partial charge in [0.1, 0.15) is 5.01 Å². The number of rotatable bonds is 5. The summed E-state index contributed by atoms with van der Waals surface area (Å²) in [5.41, 5.74) is 1.65. The number of nitrogens with zero attached hydrogens (tertiary/aromatic N) is 3. The summed E-state index contributed by atoms with van der Waals surface area (Å²) >= 11 is 1.34. The predicted octanol–water partition coefficient (Wildman–Crippen LogP) is 4.08. The quantitative estimate of drug-likeness (QED) is 0.593. The molecule has 1 unspecified atom stereocenters. The number of aromatic nitrogens is 2. The van der Waals surface area contributed by atoms with E-state index in [0.29, 0.717) is 22.9 Å². The Labute approximate surface area is 196 Å². The summed E-state index contributed by atoms with van der Waals surface area (Å²) < 4.78 is 0. The lowest BCUT2D eigenvalue weighted by Crippen LogP contribution is -2.28. The van der Waals surface area contributed by atoms with Crippen LogP contribution in [-0.2, 0) is 15.0 Å². The number of benzene rings is 2. The zero-order chi connectivity index (χ0) is 23.6. The van der Waals surface area contributed by atoms with Crippen LogP contribution in [0.2, 0.25) is 0 Å². The number of hydrogen-bond acceptors (Lipinski definition) is 6. The number of anilines is 3. The molecule has 9 heteroatoms. The molecule has 0 bridgehead atoms. The lowest BCUT2D eigenvalue weighted by molar-refractivity contribution is -0.122. The van der Waals surface area contributed by atoms with Gasteiger partial charge in [0, 0.05) is 35.3 Å². The first-order valence-corrected chi connectivity index (χ1v) is 11.4. The van der Waals surface area contributed by atoms with Crippen LogP contribution in [0.3, 0.4) is 0 Å². The summed E-state index contributed by atoms with van der Waals surface area (Å²) in [6.45, 7) is 6.44. The predicted molar refractivity (Wildman–Crippen MR) is 129 cm³/mol. The lowest BCUT2D eigenvalue weighted by Gasteiger charge is -2.16. The van der Waals surface area contributed by atoms with E-state index in [0.717, 1.165) is 10.7 Å². The van der Waals surface area contributed by atoms with Crippen molar-refractivity contribution in [2.24, 2.45) is 5.92 Å². The second kappa shape index (κ2) is 9.11. The van der Waals surface area contributed by atoms with Crippen LogP contribution in [0.25, 0.3) is 0 Å². The Morgan fingerprint density at radius 3 is 2.33 bits per heavy atom. The zero-order valence-corrected chi connectivity index (χ0v) is 19.5. The second-order valence-electron chi connectivity index (χ2n) is 8.92. The molecule has 0 aliphatic carbocycles. The van der Waals surface area contributed by atoms with Crippen molar-refractivity contribution in [3.05, 3.63) is 65.2 Å². The Morgan fingerprint density at radius 1 is 1.00 bits per heavy atom. The van der Waals surface area contributed by atoms with Crippen LogP contribution in [0.4, 0.5) is 16.5 Å². The van der Waals surface area contributed by atoms with E-state index in [4.69, 9.17) is 0 Å². The fraction of sp³-hybridized carbons (Fsp3) is 0.292. The Kier molecular flexibility index (Phi) is 6.24. The monoisotopic (exact) mass is 463 g/mol. The first kappa shape index (κ1) is 22.6. The van der Waals surface area contributed by atoms with Crippen molar-refractivity contribution < 1.29 is 14.4 Å². The van der Waals surface area contributed by atoms with Gasteiger partial charge in [-0.05, 0) is 36.4 Å². The molecule has 2 aromatic carbocycles. The average molecular weight is 464 g/mol. The van der Waals surface area contributed by atoms with Crippen molar-refractivity contribution in [1.29, 1.82) is 0 Å². The van der Waals surface area contributed by atoms with Gasteiger partial charge in [-0.1, -0.05) is 50.3 Å². The molecular formula is C24H25N5O3S. The minimum Gasteiger partial charge on any atom is -0.326 e. The van der Waals surface area contributed by atoms with Gasteiger partial charge in [-0.2, -0.15) is 0 Å². The maximum Gasteiger partial charge on any atom is 0.257 e. The number of carbonyl (C=O) groups excluding carboxylic acids is 3. The van der Waals surface area contributed by atoms with Crippen molar-refractivity contribution in [1.82, 2.24) is 10.2 Å². The third-order valence-corrected chi connectivity index (χ3v) is 6.53. The van der Waals surface area contributed by atoms with Crippen molar-refractivity contribution in [2.45, 2.75) is 32.6 Å². The molecule has 0 radical (unpaired) electrons. The third-order valence-electron chi connectivity index (χ3n) is 5.27. The molecule has 4 rings (SSSR count). The minimum absolute atomic E-state index is 0.0698. The smallest absolute Gasteiger partial charge is 0.257 e. The summed E-state index contributed by atoms with van der Waals surface area (Å²) in [7, 11) is 0. The Bertz CT molecular complexity index is 1170. The molecule has 3 aromatic rings. The van der Waals surface area contributed by atoms with Gasteiger partial charge in [0.15, 0.2) is 0 Å². The summed E-state index contributed by atoms with van der Waals surface area (Å²) in [5.74, 6) is -1.03. The highest BCUT2D eigenvalue weighted by molar-refractivity contribution is 7.15. The molecule has 33 heavy (non-hydrogen) atoms. The third kappa shape index (κ3) is 5.25. The van der Waals surface area contributed by atoms with Crippen molar-refractivity contribution in [3.8, 4) is 0 Å². The van der Waals surface area contributed by atoms with Crippen molar-refractivity contribution in [2.75, 3.05) is 22.1 Å².